The topological polar surface area (TPSA) is 103 Å². The zero-order chi connectivity index (χ0) is 29.4. The SMILES string of the molecule is C=C[C@@H]1CN2CCC1C[C@@H]2[C@H](O)c1ccnc2ccc(OC)cc12.O=C(O)c1cc2cc3ccccc3cc2cc1O. The molecular weight excluding hydrogens is 528 g/mol. The van der Waals surface area contributed by atoms with Crippen molar-refractivity contribution in [3.05, 3.63) is 103 Å². The van der Waals surface area contributed by atoms with Crippen LogP contribution in [0.1, 0.15) is 34.9 Å². The first kappa shape index (κ1) is 27.7. The van der Waals surface area contributed by atoms with Crippen LogP contribution < -0.4 is 4.74 Å². The number of aromatic carboxylic acids is 1. The number of aromatic hydroxyl groups is 1. The summed E-state index contributed by atoms with van der Waals surface area (Å²) in [6, 6.07) is 22.7. The Morgan fingerprint density at radius 1 is 1.05 bits per heavy atom. The molecule has 7 nitrogen and oxygen atoms in total. The Morgan fingerprint density at radius 3 is 2.43 bits per heavy atom. The number of fused-ring (bicyclic) bond motifs is 6. The first-order chi connectivity index (χ1) is 20.4. The first-order valence-electron chi connectivity index (χ1n) is 14.2. The third-order valence-corrected chi connectivity index (χ3v) is 8.87. The van der Waals surface area contributed by atoms with Crippen LogP contribution in [-0.2, 0) is 0 Å². The standard InChI is InChI=1S/C20H24N2O2.C15H10O3/c1-3-13-12-22-9-7-14(13)10-19(22)20(23)16-6-8-21-18-5-4-15(24-2)11-17(16)18;16-14-8-12-6-10-4-2-1-3-9(10)5-11(12)7-13(14)15(17)18/h3-6,8,11,13-14,19-20,23H,1,7,9-10,12H2,2H3;1-8,16H,(H,17,18)/t13-,14?,19-,20-;/m1./s1. The van der Waals surface area contributed by atoms with Crippen molar-refractivity contribution in [1.82, 2.24) is 9.88 Å². The van der Waals surface area contributed by atoms with Crippen molar-refractivity contribution in [1.29, 1.82) is 0 Å². The maximum absolute atomic E-state index is 11.2. The summed E-state index contributed by atoms with van der Waals surface area (Å²) in [5, 5.41) is 34.5. The molecule has 4 heterocycles. The molecular formula is C35H34N2O5. The maximum atomic E-state index is 11.2. The molecule has 0 radical (unpaired) electrons. The lowest BCUT2D eigenvalue weighted by Crippen LogP contribution is -2.54. The van der Waals surface area contributed by atoms with E-state index in [1.165, 1.54) is 18.6 Å². The molecule has 8 rings (SSSR count). The molecule has 3 aliphatic heterocycles. The van der Waals surface area contributed by atoms with Gasteiger partial charge in [-0.3, -0.25) is 9.88 Å². The number of hydrogen-bond donors (Lipinski definition) is 3. The van der Waals surface area contributed by atoms with Gasteiger partial charge < -0.3 is 20.1 Å². The zero-order valence-corrected chi connectivity index (χ0v) is 23.5. The summed E-state index contributed by atoms with van der Waals surface area (Å²) >= 11 is 0. The number of rotatable bonds is 5. The quantitative estimate of drug-likeness (QED) is 0.164. The summed E-state index contributed by atoms with van der Waals surface area (Å²) in [5.74, 6) is 0.681. The number of piperidine rings is 3. The molecule has 4 aromatic carbocycles. The third-order valence-electron chi connectivity index (χ3n) is 8.87. The van der Waals surface area contributed by atoms with Gasteiger partial charge in [0.25, 0.3) is 0 Å². The van der Waals surface area contributed by atoms with Crippen molar-refractivity contribution in [2.45, 2.75) is 25.0 Å². The molecule has 3 N–H and O–H groups in total. The van der Waals surface area contributed by atoms with Crippen LogP contribution in [0, 0.1) is 11.8 Å². The van der Waals surface area contributed by atoms with Gasteiger partial charge in [0.2, 0.25) is 0 Å². The smallest absolute Gasteiger partial charge is 0.339 e. The Kier molecular flexibility index (Phi) is 7.54. The Hall–Kier alpha value is -4.46. The zero-order valence-electron chi connectivity index (χ0n) is 23.5. The lowest BCUT2D eigenvalue weighted by atomic mass is 9.73. The predicted octanol–water partition coefficient (Wildman–Crippen LogP) is 6.57. The molecule has 3 saturated heterocycles. The van der Waals surface area contributed by atoms with Gasteiger partial charge in [-0.2, -0.15) is 0 Å². The molecule has 2 bridgehead atoms. The van der Waals surface area contributed by atoms with Gasteiger partial charge in [-0.1, -0.05) is 30.3 Å². The van der Waals surface area contributed by atoms with Gasteiger partial charge in [0.05, 0.1) is 18.7 Å². The Morgan fingerprint density at radius 2 is 1.79 bits per heavy atom. The number of nitrogens with zero attached hydrogens (tertiary/aromatic N) is 2. The van der Waals surface area contributed by atoms with Crippen LogP contribution in [0.2, 0.25) is 0 Å². The fraction of sp³-hybridized carbons (Fsp3) is 0.257. The average molecular weight is 563 g/mol. The van der Waals surface area contributed by atoms with Crippen molar-refractivity contribution in [3.63, 3.8) is 0 Å². The highest BCUT2D eigenvalue weighted by atomic mass is 16.5. The molecule has 42 heavy (non-hydrogen) atoms. The lowest BCUT2D eigenvalue weighted by molar-refractivity contribution is -0.0444. The second-order valence-electron chi connectivity index (χ2n) is 11.2. The molecule has 0 aliphatic carbocycles. The number of hydrogen-bond acceptors (Lipinski definition) is 6. The fourth-order valence-corrected chi connectivity index (χ4v) is 6.60. The number of aliphatic hydroxyl groups excluding tert-OH is 1. The van der Waals surface area contributed by atoms with Crippen molar-refractivity contribution in [3.8, 4) is 11.5 Å². The Balaban J connectivity index is 0.000000157. The highest BCUT2D eigenvalue weighted by Gasteiger charge is 2.42. The number of methoxy groups -OCH3 is 1. The van der Waals surface area contributed by atoms with Gasteiger partial charge in [0.15, 0.2) is 0 Å². The van der Waals surface area contributed by atoms with Crippen LogP contribution in [0.5, 0.6) is 11.5 Å². The summed E-state index contributed by atoms with van der Waals surface area (Å²) in [4.78, 5) is 17.8. The highest BCUT2D eigenvalue weighted by molar-refractivity contribution is 6.03. The Labute approximate surface area is 244 Å². The van der Waals surface area contributed by atoms with Crippen molar-refractivity contribution in [2.75, 3.05) is 20.2 Å². The average Bonchev–Trinajstić information content (AvgIpc) is 3.02. The molecule has 7 heteroatoms. The van der Waals surface area contributed by atoms with E-state index >= 15 is 0 Å². The van der Waals surface area contributed by atoms with E-state index in [0.717, 1.165) is 63.3 Å². The second-order valence-corrected chi connectivity index (χ2v) is 11.2. The molecule has 2 unspecified atom stereocenters. The van der Waals surface area contributed by atoms with Gasteiger partial charge >= 0.3 is 5.97 Å². The van der Waals surface area contributed by atoms with Crippen molar-refractivity contribution in [2.24, 2.45) is 11.8 Å². The second kappa shape index (κ2) is 11.4. The minimum absolute atomic E-state index is 0.0715. The van der Waals surface area contributed by atoms with Crippen LogP contribution in [0.4, 0.5) is 0 Å². The summed E-state index contributed by atoms with van der Waals surface area (Å²) in [6.45, 7) is 6.07. The molecule has 214 valence electrons. The molecule has 0 spiro atoms. The van der Waals surface area contributed by atoms with Gasteiger partial charge in [-0.05, 0) is 107 Å². The van der Waals surface area contributed by atoms with Gasteiger partial charge in [0.1, 0.15) is 17.1 Å². The van der Waals surface area contributed by atoms with E-state index in [9.17, 15) is 15.0 Å². The number of phenols is 1. The van der Waals surface area contributed by atoms with Crippen LogP contribution in [0.3, 0.4) is 0 Å². The predicted molar refractivity (Wildman–Crippen MR) is 165 cm³/mol. The van der Waals surface area contributed by atoms with Gasteiger partial charge in [-0.25, -0.2) is 4.79 Å². The van der Waals surface area contributed by atoms with E-state index in [4.69, 9.17) is 9.84 Å². The van der Waals surface area contributed by atoms with E-state index < -0.39 is 12.1 Å². The Bertz CT molecular complexity index is 1800. The minimum Gasteiger partial charge on any atom is -0.507 e. The molecule has 5 aromatic rings. The number of aliphatic hydroxyl groups is 1. The van der Waals surface area contributed by atoms with E-state index in [-0.39, 0.29) is 17.4 Å². The number of carbonyl (C=O) groups is 1. The van der Waals surface area contributed by atoms with Crippen molar-refractivity contribution < 1.29 is 24.9 Å². The van der Waals surface area contributed by atoms with Crippen LogP contribution in [-0.4, -0.2) is 57.4 Å². The van der Waals surface area contributed by atoms with Gasteiger partial charge in [0, 0.05) is 24.2 Å². The molecule has 3 fully saturated rings. The van der Waals surface area contributed by atoms with Crippen LogP contribution in [0.15, 0.2) is 91.6 Å². The number of ether oxygens (including phenoxy) is 1. The van der Waals surface area contributed by atoms with Crippen LogP contribution >= 0.6 is 0 Å². The number of benzene rings is 4. The molecule has 1 aromatic heterocycles. The minimum atomic E-state index is -1.12. The summed E-state index contributed by atoms with van der Waals surface area (Å²) in [6.07, 6.45) is 5.62. The summed E-state index contributed by atoms with van der Waals surface area (Å²) in [7, 11) is 1.66. The van der Waals surface area contributed by atoms with Gasteiger partial charge in [-0.15, -0.1) is 6.58 Å². The summed E-state index contributed by atoms with van der Waals surface area (Å²) < 4.78 is 5.35. The van der Waals surface area contributed by atoms with E-state index in [1.807, 2.05) is 60.7 Å². The fourth-order valence-electron chi connectivity index (χ4n) is 6.60. The maximum Gasteiger partial charge on any atom is 0.339 e. The molecule has 0 saturated carbocycles. The lowest BCUT2D eigenvalue weighted by Gasteiger charge is -2.50. The third kappa shape index (κ3) is 5.17. The number of aromatic nitrogens is 1. The normalized spacial score (nSPS) is 22.0. The van der Waals surface area contributed by atoms with E-state index in [0.29, 0.717) is 11.8 Å². The first-order valence-corrected chi connectivity index (χ1v) is 14.2. The van der Waals surface area contributed by atoms with Crippen molar-refractivity contribution >= 4 is 38.4 Å². The summed E-state index contributed by atoms with van der Waals surface area (Å²) in [5.41, 5.74) is 1.77. The van der Waals surface area contributed by atoms with E-state index in [2.05, 4.69) is 22.5 Å². The number of carboxylic acid groups (broad SMARTS) is 1. The number of pyridine rings is 1. The highest BCUT2D eigenvalue weighted by Crippen LogP contribution is 2.42. The monoisotopic (exact) mass is 562 g/mol. The molecule has 0 amide bonds. The molecule has 3 aliphatic rings. The van der Waals surface area contributed by atoms with Crippen LogP contribution in [0.25, 0.3) is 32.4 Å². The largest absolute Gasteiger partial charge is 0.507 e. The molecule has 5 atom stereocenters. The van der Waals surface area contributed by atoms with E-state index in [1.54, 1.807) is 13.3 Å². The number of carboxylic acids is 1.